The van der Waals surface area contributed by atoms with Crippen LogP contribution in [0.1, 0.15) is 17.9 Å². The highest BCUT2D eigenvalue weighted by atomic mass is 16.5. The van der Waals surface area contributed by atoms with E-state index in [0.29, 0.717) is 11.6 Å². The van der Waals surface area contributed by atoms with E-state index in [4.69, 9.17) is 20.9 Å². The molecule has 0 aromatic heterocycles. The predicted molar refractivity (Wildman–Crippen MR) is 115 cm³/mol. The molecule has 1 aliphatic carbocycles. The van der Waals surface area contributed by atoms with Crippen molar-refractivity contribution in [1.82, 2.24) is 0 Å². The number of benzene rings is 2. The monoisotopic (exact) mass is 372 g/mol. The van der Waals surface area contributed by atoms with Gasteiger partial charge in [-0.3, -0.25) is 0 Å². The van der Waals surface area contributed by atoms with E-state index >= 15 is 0 Å². The Balaban J connectivity index is 1.55. The first kappa shape index (κ1) is 19.1. The second-order valence-electron chi connectivity index (χ2n) is 6.37. The molecule has 0 aliphatic heterocycles. The van der Waals surface area contributed by atoms with Gasteiger partial charge in [0.05, 0.1) is 6.26 Å². The summed E-state index contributed by atoms with van der Waals surface area (Å²) in [5.74, 6) is 2.70. The highest BCUT2D eigenvalue weighted by molar-refractivity contribution is 5.43. The van der Waals surface area contributed by atoms with Gasteiger partial charge in [-0.2, -0.15) is 0 Å². The Labute approximate surface area is 165 Å². The second kappa shape index (κ2) is 9.33. The molecular weight excluding hydrogens is 348 g/mol. The van der Waals surface area contributed by atoms with Crippen molar-refractivity contribution in [1.29, 1.82) is 0 Å². The number of allylic oxidation sites excluding steroid dienone is 6. The Hall–Kier alpha value is -3.66. The molecule has 0 heterocycles. The smallest absolute Gasteiger partial charge is 0.127 e. The maximum absolute atomic E-state index is 5.86. The standard InChI is InChI=1S/C24H24N2O2/c1-2-3-20(25)16-17-27-22-10-4-18(5-11-22)19-6-12-23(13-7-19)28-24-14-8-21(26)9-15-24/h2-6,8-17,19H,1,7,25-26H2/b17-16-,20-3+. The fourth-order valence-electron chi connectivity index (χ4n) is 2.77. The summed E-state index contributed by atoms with van der Waals surface area (Å²) in [6.07, 6.45) is 13.7. The van der Waals surface area contributed by atoms with Crippen LogP contribution in [-0.4, -0.2) is 0 Å². The maximum Gasteiger partial charge on any atom is 0.127 e. The maximum atomic E-state index is 5.86. The van der Waals surface area contributed by atoms with Gasteiger partial charge in [-0.25, -0.2) is 0 Å². The average Bonchev–Trinajstić information content (AvgIpc) is 2.71. The minimum Gasteiger partial charge on any atom is -0.465 e. The molecule has 1 atom stereocenters. The highest BCUT2D eigenvalue weighted by Crippen LogP contribution is 2.29. The molecule has 0 saturated heterocycles. The molecule has 4 heteroatoms. The van der Waals surface area contributed by atoms with Crippen molar-refractivity contribution >= 4 is 5.69 Å². The molecule has 0 radical (unpaired) electrons. The Bertz CT molecular complexity index is 920. The first-order valence-electron chi connectivity index (χ1n) is 9.07. The number of anilines is 1. The minimum atomic E-state index is 0.314. The van der Waals surface area contributed by atoms with Gasteiger partial charge in [0, 0.05) is 17.3 Å². The van der Waals surface area contributed by atoms with E-state index in [-0.39, 0.29) is 0 Å². The van der Waals surface area contributed by atoms with Gasteiger partial charge in [0.25, 0.3) is 0 Å². The van der Waals surface area contributed by atoms with E-state index in [1.807, 2.05) is 42.5 Å². The topological polar surface area (TPSA) is 70.5 Å². The lowest BCUT2D eigenvalue weighted by molar-refractivity contribution is 0.437. The molecule has 3 rings (SSSR count). The normalized spacial score (nSPS) is 16.6. The number of nitrogens with two attached hydrogens (primary N) is 2. The lowest BCUT2D eigenvalue weighted by Gasteiger charge is -2.17. The molecule has 28 heavy (non-hydrogen) atoms. The zero-order valence-electron chi connectivity index (χ0n) is 15.6. The summed E-state index contributed by atoms with van der Waals surface area (Å²) in [4.78, 5) is 0. The van der Waals surface area contributed by atoms with Gasteiger partial charge in [-0.15, -0.1) is 0 Å². The molecule has 0 spiro atoms. The molecule has 0 fully saturated rings. The summed E-state index contributed by atoms with van der Waals surface area (Å²) in [5.41, 5.74) is 14.0. The first-order chi connectivity index (χ1) is 13.6. The van der Waals surface area contributed by atoms with Crippen LogP contribution in [0.3, 0.4) is 0 Å². The van der Waals surface area contributed by atoms with Crippen molar-refractivity contribution in [3.8, 4) is 11.5 Å². The Kier molecular flexibility index (Phi) is 6.37. The van der Waals surface area contributed by atoms with Crippen molar-refractivity contribution in [2.24, 2.45) is 5.73 Å². The molecule has 2 aromatic rings. The van der Waals surface area contributed by atoms with Crippen molar-refractivity contribution in [3.63, 3.8) is 0 Å². The van der Waals surface area contributed by atoms with Crippen LogP contribution in [0.15, 0.2) is 109 Å². The van der Waals surface area contributed by atoms with E-state index in [2.05, 4.69) is 30.9 Å². The molecule has 2 aromatic carbocycles. The minimum absolute atomic E-state index is 0.314. The SMILES string of the molecule is C=C/C=C(N)\C=C/Oc1ccc(C2C=CC(Oc3ccc(N)cc3)=CC2)cc1. The lowest BCUT2D eigenvalue weighted by atomic mass is 9.92. The zero-order chi connectivity index (χ0) is 19.8. The predicted octanol–water partition coefficient (Wildman–Crippen LogP) is 5.20. The van der Waals surface area contributed by atoms with Crippen LogP contribution in [0.25, 0.3) is 0 Å². The van der Waals surface area contributed by atoms with Crippen LogP contribution in [0.4, 0.5) is 5.69 Å². The van der Waals surface area contributed by atoms with Gasteiger partial charge in [0.15, 0.2) is 0 Å². The number of rotatable bonds is 7. The summed E-state index contributed by atoms with van der Waals surface area (Å²) in [6, 6.07) is 15.4. The Morgan fingerprint density at radius 3 is 2.39 bits per heavy atom. The summed E-state index contributed by atoms with van der Waals surface area (Å²) in [5, 5.41) is 0. The van der Waals surface area contributed by atoms with Crippen LogP contribution in [-0.2, 0) is 0 Å². The van der Waals surface area contributed by atoms with Crippen LogP contribution >= 0.6 is 0 Å². The quantitative estimate of drug-likeness (QED) is 0.398. The van der Waals surface area contributed by atoms with Gasteiger partial charge in [-0.05, 0) is 72.7 Å². The number of hydrogen-bond donors (Lipinski definition) is 2. The summed E-state index contributed by atoms with van der Waals surface area (Å²) >= 11 is 0. The zero-order valence-corrected chi connectivity index (χ0v) is 15.6. The average molecular weight is 372 g/mol. The third kappa shape index (κ3) is 5.42. The van der Waals surface area contributed by atoms with E-state index in [1.165, 1.54) is 5.56 Å². The van der Waals surface area contributed by atoms with E-state index in [1.54, 1.807) is 24.5 Å². The lowest BCUT2D eigenvalue weighted by Crippen LogP contribution is -2.02. The van der Waals surface area contributed by atoms with Gasteiger partial charge in [0.1, 0.15) is 17.3 Å². The molecule has 1 aliphatic rings. The number of nitrogen functional groups attached to an aromatic ring is 1. The molecule has 142 valence electrons. The molecule has 4 N–H and O–H groups in total. The van der Waals surface area contributed by atoms with Gasteiger partial charge < -0.3 is 20.9 Å². The third-order valence-corrected chi connectivity index (χ3v) is 4.26. The van der Waals surface area contributed by atoms with Crippen molar-refractivity contribution in [3.05, 3.63) is 115 Å². The van der Waals surface area contributed by atoms with Crippen molar-refractivity contribution < 1.29 is 9.47 Å². The molecule has 1 unspecified atom stereocenters. The Morgan fingerprint density at radius 1 is 1.04 bits per heavy atom. The third-order valence-electron chi connectivity index (χ3n) is 4.26. The first-order valence-corrected chi connectivity index (χ1v) is 9.07. The van der Waals surface area contributed by atoms with Crippen molar-refractivity contribution in [2.45, 2.75) is 12.3 Å². The van der Waals surface area contributed by atoms with Crippen LogP contribution in [0, 0.1) is 0 Å². The molecule has 0 bridgehead atoms. The van der Waals surface area contributed by atoms with Crippen LogP contribution in [0.5, 0.6) is 11.5 Å². The molecule has 0 saturated carbocycles. The largest absolute Gasteiger partial charge is 0.465 e. The molecule has 4 nitrogen and oxygen atoms in total. The van der Waals surface area contributed by atoms with Crippen LogP contribution < -0.4 is 20.9 Å². The van der Waals surface area contributed by atoms with E-state index < -0.39 is 0 Å². The van der Waals surface area contributed by atoms with Crippen molar-refractivity contribution in [2.75, 3.05) is 5.73 Å². The van der Waals surface area contributed by atoms with Gasteiger partial charge in [-0.1, -0.05) is 30.9 Å². The summed E-state index contributed by atoms with van der Waals surface area (Å²) in [6.45, 7) is 3.60. The molecule has 0 amide bonds. The van der Waals surface area contributed by atoms with Gasteiger partial charge >= 0.3 is 0 Å². The second-order valence-corrected chi connectivity index (χ2v) is 6.37. The van der Waals surface area contributed by atoms with E-state index in [9.17, 15) is 0 Å². The highest BCUT2D eigenvalue weighted by Gasteiger charge is 2.12. The number of ether oxygens (including phenoxy) is 2. The summed E-state index contributed by atoms with van der Waals surface area (Å²) < 4.78 is 11.4. The fourth-order valence-corrected chi connectivity index (χ4v) is 2.77. The van der Waals surface area contributed by atoms with Crippen LogP contribution in [0.2, 0.25) is 0 Å². The molecular formula is C24H24N2O2. The van der Waals surface area contributed by atoms with E-state index in [0.717, 1.165) is 29.4 Å². The number of hydrogen-bond acceptors (Lipinski definition) is 4. The Morgan fingerprint density at radius 2 is 1.75 bits per heavy atom. The van der Waals surface area contributed by atoms with Gasteiger partial charge in [0.2, 0.25) is 0 Å². The summed E-state index contributed by atoms with van der Waals surface area (Å²) in [7, 11) is 0. The fraction of sp³-hybridized carbons (Fsp3) is 0.0833.